The van der Waals surface area contributed by atoms with Crippen molar-refractivity contribution in [2.45, 2.75) is 59.3 Å². The van der Waals surface area contributed by atoms with Gasteiger partial charge in [-0.3, -0.25) is 9.59 Å². The highest BCUT2D eigenvalue weighted by molar-refractivity contribution is 6.05. The lowest BCUT2D eigenvalue weighted by molar-refractivity contribution is -0.119. The van der Waals surface area contributed by atoms with Crippen molar-refractivity contribution in [2.24, 2.45) is 10.8 Å². The Labute approximate surface area is 164 Å². The molecule has 2 aliphatic carbocycles. The molecule has 0 amide bonds. The van der Waals surface area contributed by atoms with Crippen LogP contribution < -0.4 is 0 Å². The Morgan fingerprint density at radius 2 is 1.25 bits per heavy atom. The minimum atomic E-state index is -1.10. The van der Waals surface area contributed by atoms with E-state index in [2.05, 4.69) is 0 Å². The molecule has 0 spiro atoms. The molecule has 0 bridgehead atoms. The van der Waals surface area contributed by atoms with Crippen LogP contribution in [-0.4, -0.2) is 21.8 Å². The summed E-state index contributed by atoms with van der Waals surface area (Å²) in [7, 11) is 0. The smallest absolute Gasteiger partial charge is 0.163 e. The monoisotopic (exact) mass is 386 g/mol. The predicted molar refractivity (Wildman–Crippen MR) is 104 cm³/mol. The summed E-state index contributed by atoms with van der Waals surface area (Å²) < 4.78 is 14.7. The standard InChI is InChI=1S/C23H27FO4/c1-22(2)9-15(25)20(16(26)10-22)19(13-7-5-6-8-14(13)24)21-17(27)11-23(3,4)12-18(21)28/h5-8,19,25,27H,9-12H2,1-4H3. The first kappa shape index (κ1) is 20.3. The van der Waals surface area contributed by atoms with Gasteiger partial charge in [0.2, 0.25) is 0 Å². The van der Waals surface area contributed by atoms with Crippen molar-refractivity contribution in [3.63, 3.8) is 0 Å². The van der Waals surface area contributed by atoms with E-state index in [1.165, 1.54) is 18.2 Å². The van der Waals surface area contributed by atoms with Gasteiger partial charge >= 0.3 is 0 Å². The number of aliphatic hydroxyl groups is 2. The zero-order chi connectivity index (χ0) is 20.9. The zero-order valence-corrected chi connectivity index (χ0v) is 16.8. The molecular formula is C23H27FO4. The average molecular weight is 386 g/mol. The molecule has 2 aliphatic rings. The Hall–Kier alpha value is -2.43. The van der Waals surface area contributed by atoms with Crippen molar-refractivity contribution in [2.75, 3.05) is 0 Å². The Morgan fingerprint density at radius 3 is 1.64 bits per heavy atom. The molecular weight excluding hydrogens is 359 g/mol. The molecule has 0 aromatic heterocycles. The summed E-state index contributed by atoms with van der Waals surface area (Å²) in [5, 5.41) is 21.4. The zero-order valence-electron chi connectivity index (χ0n) is 16.8. The fourth-order valence-electron chi connectivity index (χ4n) is 4.42. The van der Waals surface area contributed by atoms with Gasteiger partial charge in [-0.25, -0.2) is 4.39 Å². The van der Waals surface area contributed by atoms with Gasteiger partial charge in [0.25, 0.3) is 0 Å². The summed E-state index contributed by atoms with van der Waals surface area (Å²) in [6.45, 7) is 7.50. The Morgan fingerprint density at radius 1 is 0.821 bits per heavy atom. The highest BCUT2D eigenvalue weighted by atomic mass is 19.1. The molecule has 5 heteroatoms. The maximum Gasteiger partial charge on any atom is 0.163 e. The number of aliphatic hydroxyl groups excluding tert-OH is 2. The number of ketones is 2. The molecule has 0 radical (unpaired) electrons. The largest absolute Gasteiger partial charge is 0.512 e. The van der Waals surface area contributed by atoms with E-state index < -0.39 is 22.6 Å². The van der Waals surface area contributed by atoms with Gasteiger partial charge in [0.15, 0.2) is 11.6 Å². The normalized spacial score (nSPS) is 22.2. The Kier molecular flexibility index (Phi) is 4.98. The molecule has 3 rings (SSSR count). The third-order valence-electron chi connectivity index (χ3n) is 5.59. The van der Waals surface area contributed by atoms with Crippen molar-refractivity contribution in [1.82, 2.24) is 0 Å². The molecule has 150 valence electrons. The lowest BCUT2D eigenvalue weighted by atomic mass is 9.67. The van der Waals surface area contributed by atoms with Crippen molar-refractivity contribution < 1.29 is 24.2 Å². The van der Waals surface area contributed by atoms with Crippen molar-refractivity contribution in [3.05, 3.63) is 58.3 Å². The van der Waals surface area contributed by atoms with E-state index in [9.17, 15) is 24.2 Å². The van der Waals surface area contributed by atoms with Crippen LogP contribution in [0.25, 0.3) is 0 Å². The summed E-state index contributed by atoms with van der Waals surface area (Å²) in [5.74, 6) is -2.59. The summed E-state index contributed by atoms with van der Waals surface area (Å²) in [5.41, 5.74) is -0.663. The number of hydrogen-bond donors (Lipinski definition) is 2. The van der Waals surface area contributed by atoms with Crippen LogP contribution >= 0.6 is 0 Å². The topological polar surface area (TPSA) is 74.6 Å². The van der Waals surface area contributed by atoms with Gasteiger partial charge in [0.1, 0.15) is 17.3 Å². The van der Waals surface area contributed by atoms with Gasteiger partial charge in [0.05, 0.1) is 5.92 Å². The summed E-state index contributed by atoms with van der Waals surface area (Å²) in [6.07, 6.45) is 0.885. The van der Waals surface area contributed by atoms with Gasteiger partial charge in [-0.2, -0.15) is 0 Å². The maximum absolute atomic E-state index is 14.7. The molecule has 0 saturated heterocycles. The molecule has 1 aromatic rings. The molecule has 0 unspecified atom stereocenters. The van der Waals surface area contributed by atoms with E-state index in [1.54, 1.807) is 6.07 Å². The molecule has 0 atom stereocenters. The first-order valence-corrected chi connectivity index (χ1v) is 9.57. The van der Waals surface area contributed by atoms with E-state index in [0.29, 0.717) is 0 Å². The van der Waals surface area contributed by atoms with Crippen molar-refractivity contribution in [1.29, 1.82) is 0 Å². The van der Waals surface area contributed by atoms with Crippen LogP contribution in [0.4, 0.5) is 4.39 Å². The van der Waals surface area contributed by atoms with Crippen LogP contribution in [0, 0.1) is 16.6 Å². The van der Waals surface area contributed by atoms with Crippen molar-refractivity contribution in [3.8, 4) is 0 Å². The highest BCUT2D eigenvalue weighted by Gasteiger charge is 2.44. The summed E-state index contributed by atoms with van der Waals surface area (Å²) in [4.78, 5) is 25.9. The van der Waals surface area contributed by atoms with Crippen LogP contribution in [-0.2, 0) is 9.59 Å². The summed E-state index contributed by atoms with van der Waals surface area (Å²) >= 11 is 0. The molecule has 2 N–H and O–H groups in total. The second kappa shape index (κ2) is 6.87. The van der Waals surface area contributed by atoms with Gasteiger partial charge < -0.3 is 10.2 Å². The molecule has 1 aromatic carbocycles. The van der Waals surface area contributed by atoms with E-state index in [-0.39, 0.29) is 65.5 Å². The fourth-order valence-corrected chi connectivity index (χ4v) is 4.42. The third-order valence-corrected chi connectivity index (χ3v) is 5.59. The Bertz CT molecular complexity index is 853. The minimum Gasteiger partial charge on any atom is -0.512 e. The first-order chi connectivity index (χ1) is 12.9. The number of benzene rings is 1. The van der Waals surface area contributed by atoms with Gasteiger partial charge in [-0.05, 0) is 16.9 Å². The second-order valence-corrected chi connectivity index (χ2v) is 9.56. The number of carbonyl (C=O) groups is 2. The van der Waals surface area contributed by atoms with Crippen LogP contribution in [0.2, 0.25) is 0 Å². The van der Waals surface area contributed by atoms with E-state index in [1.807, 2.05) is 27.7 Å². The molecule has 28 heavy (non-hydrogen) atoms. The van der Waals surface area contributed by atoms with E-state index >= 15 is 0 Å². The van der Waals surface area contributed by atoms with Crippen LogP contribution in [0.1, 0.15) is 64.9 Å². The Balaban J connectivity index is 2.25. The van der Waals surface area contributed by atoms with Gasteiger partial charge in [-0.1, -0.05) is 45.9 Å². The van der Waals surface area contributed by atoms with Gasteiger partial charge in [-0.15, -0.1) is 0 Å². The van der Waals surface area contributed by atoms with E-state index in [4.69, 9.17) is 0 Å². The number of allylic oxidation sites excluding steroid dienone is 4. The quantitative estimate of drug-likeness (QED) is 0.738. The molecule has 4 nitrogen and oxygen atoms in total. The van der Waals surface area contributed by atoms with Crippen LogP contribution in [0.15, 0.2) is 46.9 Å². The SMILES string of the molecule is CC1(C)CC(=O)C(C(C2=C(O)CC(C)(C)CC2=O)c2ccccc2F)=C(O)C1. The molecule has 0 saturated carbocycles. The number of halogens is 1. The van der Waals surface area contributed by atoms with E-state index in [0.717, 1.165) is 0 Å². The molecule has 0 heterocycles. The molecule has 0 aliphatic heterocycles. The number of hydrogen-bond acceptors (Lipinski definition) is 4. The highest BCUT2D eigenvalue weighted by Crippen LogP contribution is 2.48. The lowest BCUT2D eigenvalue weighted by Crippen LogP contribution is -2.33. The van der Waals surface area contributed by atoms with Crippen LogP contribution in [0.3, 0.4) is 0 Å². The maximum atomic E-state index is 14.7. The predicted octanol–water partition coefficient (Wildman–Crippen LogP) is 5.31. The first-order valence-electron chi connectivity index (χ1n) is 9.57. The van der Waals surface area contributed by atoms with Gasteiger partial charge in [0, 0.05) is 42.4 Å². The van der Waals surface area contributed by atoms with Crippen LogP contribution in [0.5, 0.6) is 0 Å². The summed E-state index contributed by atoms with van der Waals surface area (Å²) in [6, 6.07) is 5.90. The minimum absolute atomic E-state index is 0.0269. The second-order valence-electron chi connectivity index (χ2n) is 9.56. The number of Topliss-reactive ketones (excluding diaryl/α,β-unsaturated/α-hetero) is 2. The lowest BCUT2D eigenvalue weighted by Gasteiger charge is -2.36. The third kappa shape index (κ3) is 3.75. The fraction of sp³-hybridized carbons (Fsp3) is 0.478. The number of rotatable bonds is 3. The average Bonchev–Trinajstić information content (AvgIpc) is 2.50. The van der Waals surface area contributed by atoms with Crippen molar-refractivity contribution >= 4 is 11.6 Å². The number of carbonyl (C=O) groups excluding carboxylic acids is 2. The molecule has 0 fully saturated rings.